The zero-order valence-electron chi connectivity index (χ0n) is 52.9. The molecule has 18 heteroatoms. The van der Waals surface area contributed by atoms with Gasteiger partial charge in [0.1, 0.15) is 34.5 Å². The summed E-state index contributed by atoms with van der Waals surface area (Å²) in [5, 5.41) is 20.2. The molecular formula is C69H84N10O8. The number of ether oxygens (including phenoxy) is 6. The van der Waals surface area contributed by atoms with Crippen LogP contribution in [0.5, 0.6) is 34.5 Å². The normalized spacial score (nSPS) is 11.4. The van der Waals surface area contributed by atoms with Crippen LogP contribution in [-0.4, -0.2) is 105 Å². The first-order valence-electron chi connectivity index (χ1n) is 28.8. The number of fused-ring (bicyclic) bond motifs is 7. The Morgan fingerprint density at radius 2 is 0.977 bits per heavy atom. The van der Waals surface area contributed by atoms with Crippen molar-refractivity contribution < 1.29 is 33.3 Å². The van der Waals surface area contributed by atoms with E-state index in [1.165, 1.54) is 83.3 Å². The van der Waals surface area contributed by atoms with E-state index < -0.39 is 0 Å². The van der Waals surface area contributed by atoms with Gasteiger partial charge in [-0.2, -0.15) is 0 Å². The highest BCUT2D eigenvalue weighted by atomic mass is 16.6. The zero-order chi connectivity index (χ0) is 63.1. The van der Waals surface area contributed by atoms with Crippen LogP contribution in [0.15, 0.2) is 104 Å². The van der Waals surface area contributed by atoms with Crippen LogP contribution in [0, 0.1) is 65.2 Å². The van der Waals surface area contributed by atoms with Gasteiger partial charge in [0.05, 0.1) is 53.1 Å². The van der Waals surface area contributed by atoms with E-state index in [1.807, 2.05) is 74.0 Å². The lowest BCUT2D eigenvalue weighted by Crippen LogP contribution is -2.23. The molecular weight excluding hydrogens is 1100 g/mol. The summed E-state index contributed by atoms with van der Waals surface area (Å²) in [5.74, 6) is 5.36. The topological polar surface area (TPSA) is 223 Å². The van der Waals surface area contributed by atoms with Crippen LogP contribution >= 0.6 is 0 Å². The van der Waals surface area contributed by atoms with Gasteiger partial charge in [-0.3, -0.25) is 10.1 Å². The number of methoxy groups -OCH3 is 6. The first-order valence-corrected chi connectivity index (χ1v) is 28.8. The average molecular weight is 1180 g/mol. The third-order valence-electron chi connectivity index (χ3n) is 16.0. The second kappa shape index (κ2) is 30.1. The molecule has 0 radical (unpaired) electrons. The molecule has 0 saturated heterocycles. The molecule has 0 aliphatic carbocycles. The molecule has 458 valence electrons. The van der Waals surface area contributed by atoms with Crippen LogP contribution in [0.4, 0.5) is 5.69 Å². The molecule has 5 aromatic heterocycles. The zero-order valence-corrected chi connectivity index (χ0v) is 52.9. The van der Waals surface area contributed by atoms with Gasteiger partial charge in [0.15, 0.2) is 0 Å². The predicted octanol–water partition coefficient (Wildman–Crippen LogP) is 14.3. The van der Waals surface area contributed by atoms with Crippen molar-refractivity contribution in [2.24, 2.45) is 5.73 Å². The summed E-state index contributed by atoms with van der Waals surface area (Å²) in [5.41, 5.74) is 25.3. The maximum Gasteiger partial charge on any atom is 0.272 e. The molecule has 1 aliphatic heterocycles. The van der Waals surface area contributed by atoms with E-state index in [0.717, 1.165) is 99.9 Å². The van der Waals surface area contributed by atoms with Gasteiger partial charge in [-0.05, 0) is 178 Å². The SMILES string of the molecule is COc1ccc([N+](=O)[O-])c(C)c1C.COc1ccc2[nH]c3c(c2c1C)CCNC3.COc1ccc2[nH]cc(CCN)c2c1C.COc1ccc2[nH]cc(CN(C)C)c2c1C.COc1ccc2[nH]ccc2c1C.[C-]#[N+]Cc1c[nH]c2ccc(OC)c(C)c12. The number of benzene rings is 6. The lowest BCUT2D eigenvalue weighted by atomic mass is 10.0. The fourth-order valence-electron chi connectivity index (χ4n) is 11.4. The Morgan fingerprint density at radius 1 is 0.540 bits per heavy atom. The predicted molar refractivity (Wildman–Crippen MR) is 353 cm³/mol. The standard InChI is InChI=1S/C13H16N2O.C13H18N2O.C12H12N2O.C12H16N2O.C10H11NO.C9H11NO3/c1-8-12(16-2)4-3-10-13(8)9-5-6-14-7-11(9)15-10;1-9-12(16-4)6-5-11-13(9)10(7-14-11)8-15(2)3;1-8-11(15-3)5-4-10-12(8)9(6-13-2)7-14-10;1-8-11(15-2)4-3-10-12(8)9(5-6-13)7-14-10;1-7-8-5-6-11-9(8)3-4-10(7)12-2;1-6-7(2)9(13-3)5-4-8(6)10(11)12/h3-4,14-15H,5-7H2,1-2H3;5-7,14H,8H2,1-4H3;4-5,7,14H,6H2,1,3H3;3-4,7,14H,5-6,13H2,1-2H3;3-6,11H,1-2H3;4-5H,1-3H3. The van der Waals surface area contributed by atoms with Crippen LogP contribution in [0.3, 0.4) is 0 Å². The van der Waals surface area contributed by atoms with Crippen molar-refractivity contribution in [3.05, 3.63) is 192 Å². The number of nitro groups is 1. The number of nitro benzene ring substituents is 1. The number of H-pyrrole nitrogens is 5. The molecule has 0 bridgehead atoms. The van der Waals surface area contributed by atoms with Gasteiger partial charge in [0.2, 0.25) is 6.54 Å². The molecule has 1 aliphatic rings. The molecule has 18 nitrogen and oxygen atoms in total. The van der Waals surface area contributed by atoms with Gasteiger partial charge in [0, 0.05) is 143 Å². The van der Waals surface area contributed by atoms with Crippen molar-refractivity contribution in [2.75, 3.05) is 69.8 Å². The summed E-state index contributed by atoms with van der Waals surface area (Å²) in [7, 11) is 14.2. The third kappa shape index (κ3) is 14.6. The highest BCUT2D eigenvalue weighted by Crippen LogP contribution is 2.35. The Hall–Kier alpha value is -9.41. The number of aromatic amines is 5. The quantitative estimate of drug-likeness (QED) is 0.0346. The van der Waals surface area contributed by atoms with Crippen molar-refractivity contribution in [2.45, 2.75) is 80.9 Å². The minimum Gasteiger partial charge on any atom is -0.496 e. The fraction of sp³-hybridized carbons (Fsp3) is 0.319. The van der Waals surface area contributed by atoms with Crippen molar-refractivity contribution in [3.63, 3.8) is 0 Å². The van der Waals surface area contributed by atoms with Crippen molar-refractivity contribution in [1.82, 2.24) is 35.1 Å². The highest BCUT2D eigenvalue weighted by Gasteiger charge is 2.19. The molecule has 0 fully saturated rings. The second-order valence-electron chi connectivity index (χ2n) is 21.4. The first kappa shape index (κ1) is 65.1. The van der Waals surface area contributed by atoms with E-state index in [4.69, 9.17) is 40.7 Å². The van der Waals surface area contributed by atoms with E-state index in [9.17, 15) is 10.1 Å². The summed E-state index contributed by atoms with van der Waals surface area (Å²) in [4.78, 5) is 32.1. The van der Waals surface area contributed by atoms with E-state index in [0.29, 0.717) is 24.4 Å². The maximum atomic E-state index is 10.5. The van der Waals surface area contributed by atoms with Gasteiger partial charge in [0.25, 0.3) is 5.69 Å². The molecule has 0 spiro atoms. The Balaban J connectivity index is 0.000000150. The molecule has 0 saturated carbocycles. The van der Waals surface area contributed by atoms with Crippen LogP contribution in [-0.2, 0) is 32.5 Å². The minimum atomic E-state index is -0.387. The summed E-state index contributed by atoms with van der Waals surface area (Å²) in [6.45, 7) is 24.9. The van der Waals surface area contributed by atoms with E-state index in [-0.39, 0.29) is 10.6 Å². The number of nitrogens with one attached hydrogen (secondary N) is 6. The van der Waals surface area contributed by atoms with Crippen molar-refractivity contribution in [1.29, 1.82) is 0 Å². The monoisotopic (exact) mass is 1180 g/mol. The van der Waals surface area contributed by atoms with E-state index in [1.54, 1.807) is 62.6 Å². The molecule has 0 amide bonds. The van der Waals surface area contributed by atoms with Crippen LogP contribution in [0.25, 0.3) is 59.4 Å². The Labute approximate surface area is 509 Å². The van der Waals surface area contributed by atoms with Gasteiger partial charge >= 0.3 is 0 Å². The lowest BCUT2D eigenvalue weighted by molar-refractivity contribution is -0.385. The fourth-order valence-corrected chi connectivity index (χ4v) is 11.4. The smallest absolute Gasteiger partial charge is 0.272 e. The number of nitrogens with zero attached hydrogens (tertiary/aromatic N) is 3. The molecule has 6 heterocycles. The van der Waals surface area contributed by atoms with Gasteiger partial charge < -0.3 is 74.1 Å². The lowest BCUT2D eigenvalue weighted by Gasteiger charge is -2.13. The number of aryl methyl sites for hydroxylation is 5. The summed E-state index contributed by atoms with van der Waals surface area (Å²) in [6.07, 6.45) is 9.95. The van der Waals surface area contributed by atoms with Gasteiger partial charge in [-0.1, -0.05) is 0 Å². The first-order chi connectivity index (χ1) is 41.9. The third-order valence-corrected chi connectivity index (χ3v) is 16.0. The number of rotatable bonds is 12. The number of nitrogens with two attached hydrogens (primary N) is 1. The van der Waals surface area contributed by atoms with E-state index in [2.05, 4.69) is 106 Å². The summed E-state index contributed by atoms with van der Waals surface area (Å²) >= 11 is 0. The summed E-state index contributed by atoms with van der Waals surface area (Å²) in [6, 6.07) is 25.3. The number of aromatic nitrogens is 5. The highest BCUT2D eigenvalue weighted by molar-refractivity contribution is 5.92. The number of hydrogen-bond acceptors (Lipinski definition) is 11. The van der Waals surface area contributed by atoms with Crippen LogP contribution < -0.4 is 39.5 Å². The van der Waals surface area contributed by atoms with Gasteiger partial charge in [-0.25, -0.2) is 6.57 Å². The second-order valence-corrected chi connectivity index (χ2v) is 21.4. The Bertz CT molecular complexity index is 4180. The molecule has 0 unspecified atom stereocenters. The minimum absolute atomic E-state index is 0.137. The van der Waals surface area contributed by atoms with Crippen molar-refractivity contribution >= 4 is 60.2 Å². The van der Waals surface area contributed by atoms with E-state index >= 15 is 0 Å². The van der Waals surface area contributed by atoms with Crippen LogP contribution in [0.2, 0.25) is 0 Å². The average Bonchev–Trinajstić information content (AvgIpc) is 2.79. The molecule has 6 aromatic carbocycles. The molecule has 0 atom stereocenters. The van der Waals surface area contributed by atoms with Crippen molar-refractivity contribution in [3.8, 4) is 34.5 Å². The summed E-state index contributed by atoms with van der Waals surface area (Å²) < 4.78 is 31.6. The largest absolute Gasteiger partial charge is 0.496 e. The molecule has 8 N–H and O–H groups in total. The van der Waals surface area contributed by atoms with Crippen LogP contribution in [0.1, 0.15) is 66.9 Å². The molecule has 11 aromatic rings. The maximum absolute atomic E-state index is 10.5. The Kier molecular flexibility index (Phi) is 22.5. The number of hydrogen-bond donors (Lipinski definition) is 7. The Morgan fingerprint density at radius 3 is 1.47 bits per heavy atom. The van der Waals surface area contributed by atoms with Gasteiger partial charge in [-0.15, -0.1) is 0 Å². The molecule has 87 heavy (non-hydrogen) atoms. The molecule has 12 rings (SSSR count).